The smallest absolute Gasteiger partial charge is 0.303 e. The Morgan fingerprint density at radius 1 is 0.512 bits per heavy atom. The van der Waals surface area contributed by atoms with Gasteiger partial charge in [-0.2, -0.15) is 0 Å². The van der Waals surface area contributed by atoms with Crippen molar-refractivity contribution < 1.29 is 9.90 Å². The second kappa shape index (κ2) is 21.2. The van der Waals surface area contributed by atoms with Crippen LogP contribution < -0.4 is 0 Å². The second-order valence-corrected chi connectivity index (χ2v) is 20.7. The highest BCUT2D eigenvalue weighted by atomic mass is 16.4. The van der Waals surface area contributed by atoms with Crippen LogP contribution in [0, 0.1) is 42.4 Å². The Hall–Kier alpha value is -10.4. The lowest BCUT2D eigenvalue weighted by atomic mass is 9.92. The standard InChI is InChI=1S/C76H52N2O2/c1-49-47-65(43-27-54-19-15-52(16-20-54)23-29-56-33-35-62-39-37-58-10-7-12-60-41-45-67(56)72(62)70(58)60)77-75(49)74(64-31-25-51(26-32-64)9-5-3-4-6-14-69(79)80)76-50(2)48-66(78-76)44-28-55-21-17-53(18-22-55)24-30-57-34-36-63-40-38-59-11-8-13-61-42-46-68(57)73(63)71(59)61/h7-8,10-13,15-22,25-28,31-48,77H,3-4,6,14H2,1-2H3,(H,79,80)/b43-27+,44-28+,76-74-. The minimum absolute atomic E-state index is 0.167. The topological polar surface area (TPSA) is 65.4 Å². The first-order valence-electron chi connectivity index (χ1n) is 27.2. The first kappa shape index (κ1) is 49.2. The molecule has 0 bridgehead atoms. The number of aromatic nitrogens is 1. The van der Waals surface area contributed by atoms with Gasteiger partial charge < -0.3 is 10.1 Å². The van der Waals surface area contributed by atoms with E-state index in [1.165, 1.54) is 64.6 Å². The number of aryl methyl sites for hydroxylation is 1. The largest absolute Gasteiger partial charge is 0.481 e. The van der Waals surface area contributed by atoms with Crippen LogP contribution in [-0.4, -0.2) is 21.8 Å². The zero-order valence-corrected chi connectivity index (χ0v) is 44.4. The highest BCUT2D eigenvalue weighted by Gasteiger charge is 2.21. The summed E-state index contributed by atoms with van der Waals surface area (Å²) in [6.07, 6.45) is 12.8. The number of carbonyl (C=O) groups is 1. The van der Waals surface area contributed by atoms with Crippen LogP contribution in [0.5, 0.6) is 0 Å². The fourth-order valence-electron chi connectivity index (χ4n) is 11.3. The molecule has 1 aliphatic heterocycles. The normalized spacial score (nSPS) is 13.1. The van der Waals surface area contributed by atoms with Gasteiger partial charge in [-0.1, -0.05) is 181 Å². The van der Waals surface area contributed by atoms with Crippen LogP contribution in [0.25, 0.3) is 88.4 Å². The Morgan fingerprint density at radius 3 is 1.55 bits per heavy atom. The van der Waals surface area contributed by atoms with Crippen molar-refractivity contribution in [2.75, 3.05) is 0 Å². The molecule has 4 nitrogen and oxygen atoms in total. The molecule has 1 aliphatic rings. The lowest BCUT2D eigenvalue weighted by Gasteiger charge is -2.12. The van der Waals surface area contributed by atoms with E-state index in [4.69, 9.17) is 10.1 Å². The molecule has 2 heterocycles. The number of carboxylic acid groups (broad SMARTS) is 1. The van der Waals surface area contributed by atoms with Gasteiger partial charge in [0.15, 0.2) is 0 Å². The summed E-state index contributed by atoms with van der Waals surface area (Å²) in [4.78, 5) is 20.0. The number of nitrogens with one attached hydrogen (secondary N) is 1. The quantitative estimate of drug-likeness (QED) is 0.0814. The van der Waals surface area contributed by atoms with Gasteiger partial charge in [-0.15, -0.1) is 0 Å². The van der Waals surface area contributed by atoms with Crippen LogP contribution in [0.15, 0.2) is 216 Å². The third-order valence-corrected chi connectivity index (χ3v) is 15.3. The van der Waals surface area contributed by atoms with E-state index in [2.05, 4.69) is 273 Å². The minimum atomic E-state index is -0.771. The molecule has 0 radical (unpaired) electrons. The number of H-pyrrole nitrogens is 1. The molecule has 0 fully saturated rings. The van der Waals surface area contributed by atoms with Gasteiger partial charge in [0.25, 0.3) is 0 Å². The van der Waals surface area contributed by atoms with Crippen LogP contribution in [0.1, 0.15) is 94.1 Å². The number of aliphatic imine (C=N–C) groups is 1. The maximum absolute atomic E-state index is 11.0. The number of rotatable bonds is 10. The van der Waals surface area contributed by atoms with E-state index < -0.39 is 5.97 Å². The molecule has 378 valence electrons. The molecule has 0 saturated heterocycles. The SMILES string of the molecule is CC1=CC(/C=C/c2ccc(C#Cc3ccc4ccc5cccc6ccc3c4c56)cc2)=NC/1=C(/c1ccc(C#CCCCCC(=O)O)cc1)c1[nH]c(/C=C/c2ccc(C#Cc3ccc4ccc5cccc6ccc3c4c56)cc2)cc1C. The van der Waals surface area contributed by atoms with Gasteiger partial charge in [-0.05, 0) is 192 Å². The zero-order valence-electron chi connectivity index (χ0n) is 44.4. The van der Waals surface area contributed by atoms with Crippen LogP contribution in [-0.2, 0) is 4.79 Å². The van der Waals surface area contributed by atoms with Crippen molar-refractivity contribution in [2.45, 2.75) is 39.5 Å². The fourth-order valence-corrected chi connectivity index (χ4v) is 11.3. The fraction of sp³-hybridized carbons (Fsp3) is 0.0789. The highest BCUT2D eigenvalue weighted by Crippen LogP contribution is 2.39. The van der Waals surface area contributed by atoms with Gasteiger partial charge >= 0.3 is 5.97 Å². The van der Waals surface area contributed by atoms with Gasteiger partial charge in [0.05, 0.1) is 17.1 Å². The number of allylic oxidation sites excluding steroid dienone is 3. The molecule has 0 spiro atoms. The summed E-state index contributed by atoms with van der Waals surface area (Å²) in [5, 5.41) is 24.0. The number of carboxylic acids is 1. The maximum Gasteiger partial charge on any atom is 0.303 e. The summed E-state index contributed by atoms with van der Waals surface area (Å²) < 4.78 is 0. The molecule has 2 N–H and O–H groups in total. The number of benzene rings is 11. The minimum Gasteiger partial charge on any atom is -0.481 e. The van der Waals surface area contributed by atoms with Crippen LogP contribution in [0.3, 0.4) is 0 Å². The van der Waals surface area contributed by atoms with E-state index in [-0.39, 0.29) is 6.42 Å². The molecule has 12 aromatic rings. The first-order chi connectivity index (χ1) is 39.3. The van der Waals surface area contributed by atoms with Crippen molar-refractivity contribution in [3.8, 4) is 35.5 Å². The van der Waals surface area contributed by atoms with E-state index in [0.717, 1.165) is 90.4 Å². The maximum atomic E-state index is 11.0. The molecule has 0 atom stereocenters. The third-order valence-electron chi connectivity index (χ3n) is 15.3. The molecular weight excluding hydrogens is 973 g/mol. The van der Waals surface area contributed by atoms with Crippen molar-refractivity contribution in [3.63, 3.8) is 0 Å². The van der Waals surface area contributed by atoms with Gasteiger partial charge in [0.1, 0.15) is 0 Å². The summed E-state index contributed by atoms with van der Waals surface area (Å²) in [5.41, 5.74) is 14.9. The summed E-state index contributed by atoms with van der Waals surface area (Å²) in [6, 6.07) is 66.6. The first-order valence-corrected chi connectivity index (χ1v) is 27.2. The molecule has 0 amide bonds. The van der Waals surface area contributed by atoms with Crippen LogP contribution >= 0.6 is 0 Å². The summed E-state index contributed by atoms with van der Waals surface area (Å²) in [7, 11) is 0. The van der Waals surface area contributed by atoms with E-state index in [1.807, 2.05) is 0 Å². The second-order valence-electron chi connectivity index (χ2n) is 20.7. The summed E-state index contributed by atoms with van der Waals surface area (Å²) in [6.45, 7) is 4.26. The van der Waals surface area contributed by atoms with Crippen molar-refractivity contribution in [3.05, 3.63) is 273 Å². The lowest BCUT2D eigenvalue weighted by Crippen LogP contribution is -1.96. The van der Waals surface area contributed by atoms with Gasteiger partial charge in [0.2, 0.25) is 0 Å². The van der Waals surface area contributed by atoms with Crippen molar-refractivity contribution in [1.82, 2.24) is 4.98 Å². The molecule has 80 heavy (non-hydrogen) atoms. The number of nitrogens with zero attached hydrogens (tertiary/aromatic N) is 1. The van der Waals surface area contributed by atoms with E-state index >= 15 is 0 Å². The van der Waals surface area contributed by atoms with Crippen LogP contribution in [0.4, 0.5) is 0 Å². The number of hydrogen-bond donors (Lipinski definition) is 2. The Kier molecular flexibility index (Phi) is 13.0. The number of hydrogen-bond acceptors (Lipinski definition) is 2. The highest BCUT2D eigenvalue weighted by molar-refractivity contribution is 6.25. The average Bonchev–Trinajstić information content (AvgIpc) is 4.17. The predicted octanol–water partition coefficient (Wildman–Crippen LogP) is 18.0. The van der Waals surface area contributed by atoms with Crippen molar-refractivity contribution in [1.29, 1.82) is 0 Å². The number of aliphatic carboxylic acids is 1. The third kappa shape index (κ3) is 9.82. The molecule has 0 aliphatic carbocycles. The van der Waals surface area contributed by atoms with Gasteiger partial charge in [-0.3, -0.25) is 4.79 Å². The summed E-state index contributed by atoms with van der Waals surface area (Å²) >= 11 is 0. The lowest BCUT2D eigenvalue weighted by molar-refractivity contribution is -0.137. The number of aromatic amines is 1. The Balaban J connectivity index is 0.754. The average molecular weight is 1030 g/mol. The molecule has 0 saturated carbocycles. The van der Waals surface area contributed by atoms with E-state index in [9.17, 15) is 4.79 Å². The molecule has 1 aromatic heterocycles. The molecule has 0 unspecified atom stereocenters. The molecule has 4 heteroatoms. The molecular formula is C76H52N2O2. The van der Waals surface area contributed by atoms with Crippen LogP contribution in [0.2, 0.25) is 0 Å². The van der Waals surface area contributed by atoms with E-state index in [1.54, 1.807) is 0 Å². The predicted molar refractivity (Wildman–Crippen MR) is 335 cm³/mol. The van der Waals surface area contributed by atoms with Gasteiger partial charge in [-0.25, -0.2) is 4.99 Å². The van der Waals surface area contributed by atoms with E-state index in [0.29, 0.717) is 12.8 Å². The Labute approximate surface area is 465 Å². The number of unbranched alkanes of at least 4 members (excludes halogenated alkanes) is 2. The van der Waals surface area contributed by atoms with Crippen molar-refractivity contribution >= 4 is 100 Å². The summed E-state index contributed by atoms with van der Waals surface area (Å²) in [5.74, 6) is 19.6. The zero-order chi connectivity index (χ0) is 54.1. The Morgan fingerprint density at radius 2 is 1.00 bits per heavy atom. The van der Waals surface area contributed by atoms with Gasteiger partial charge in [0, 0.05) is 51.9 Å². The Bertz CT molecular complexity index is 4760. The van der Waals surface area contributed by atoms with Crippen molar-refractivity contribution in [2.24, 2.45) is 4.99 Å². The molecule has 13 rings (SSSR count). The molecule has 11 aromatic carbocycles. The monoisotopic (exact) mass is 1020 g/mol.